The molecule has 76 valence electrons. The van der Waals surface area contributed by atoms with Crippen molar-refractivity contribution in [3.8, 4) is 0 Å². The van der Waals surface area contributed by atoms with Gasteiger partial charge in [-0.15, -0.1) is 0 Å². The quantitative estimate of drug-likeness (QED) is 0.622. The average Bonchev–Trinajstić information content (AvgIpc) is 2.25. The molecule has 14 heavy (non-hydrogen) atoms. The summed E-state index contributed by atoms with van der Waals surface area (Å²) in [4.78, 5) is 0. The highest BCUT2D eigenvalue weighted by Gasteiger charge is 1.94. The number of rotatable bonds is 6. The Morgan fingerprint density at radius 3 is 2.43 bits per heavy atom. The number of aryl methyl sites for hydroxylation is 1. The van der Waals surface area contributed by atoms with E-state index in [2.05, 4.69) is 37.8 Å². The maximum Gasteiger partial charge on any atom is 0.112 e. The van der Waals surface area contributed by atoms with E-state index in [1.807, 2.05) is 0 Å². The van der Waals surface area contributed by atoms with Gasteiger partial charge >= 0.3 is 0 Å². The molecule has 1 nitrogen and oxygen atoms in total. The summed E-state index contributed by atoms with van der Waals surface area (Å²) < 4.78 is 5.10. The van der Waals surface area contributed by atoms with Gasteiger partial charge in [-0.3, -0.25) is 0 Å². The van der Waals surface area contributed by atoms with E-state index in [9.17, 15) is 0 Å². The van der Waals surface area contributed by atoms with Gasteiger partial charge in [0.05, 0.1) is 6.26 Å². The molecule has 0 heterocycles. The second kappa shape index (κ2) is 6.25. The van der Waals surface area contributed by atoms with Crippen LogP contribution in [0.15, 0.2) is 37.1 Å². The molecule has 0 bridgehead atoms. The van der Waals surface area contributed by atoms with E-state index in [4.69, 9.17) is 4.74 Å². The molecule has 0 fully saturated rings. The van der Waals surface area contributed by atoms with E-state index in [1.165, 1.54) is 36.7 Å². The summed E-state index contributed by atoms with van der Waals surface area (Å²) in [5.74, 6) is 0. The molecule has 0 N–H and O–H groups in total. The van der Waals surface area contributed by atoms with E-state index >= 15 is 0 Å². The Bertz CT molecular complexity index is 261. The summed E-state index contributed by atoms with van der Waals surface area (Å²) >= 11 is 0. The molecule has 1 aromatic rings. The molecule has 0 unspecified atom stereocenters. The third kappa shape index (κ3) is 3.65. The normalized spacial score (nSPS) is 9.79. The summed E-state index contributed by atoms with van der Waals surface area (Å²) in [5, 5.41) is 0. The molecule has 0 radical (unpaired) electrons. The van der Waals surface area contributed by atoms with Crippen molar-refractivity contribution in [3.05, 3.63) is 48.2 Å². The fourth-order valence-electron chi connectivity index (χ4n) is 1.34. The Hall–Kier alpha value is -1.24. The van der Waals surface area contributed by atoms with Crippen molar-refractivity contribution < 1.29 is 4.74 Å². The van der Waals surface area contributed by atoms with Crippen LogP contribution in [0.5, 0.6) is 0 Å². The summed E-state index contributed by atoms with van der Waals surface area (Å²) in [5.41, 5.74) is 2.61. The van der Waals surface area contributed by atoms with Crippen LogP contribution in [-0.2, 0) is 17.8 Å². The standard InChI is InChI=1S/C13H18O/c1-3-5-6-12-7-9-13(10-8-12)11-14-4-2/h4,7-10H,2-3,5-6,11H2,1H3. The van der Waals surface area contributed by atoms with Crippen LogP contribution in [0.4, 0.5) is 0 Å². The highest BCUT2D eigenvalue weighted by atomic mass is 16.5. The first-order chi connectivity index (χ1) is 6.86. The monoisotopic (exact) mass is 190 g/mol. The van der Waals surface area contributed by atoms with Crippen molar-refractivity contribution in [2.24, 2.45) is 0 Å². The van der Waals surface area contributed by atoms with Gasteiger partial charge in [-0.2, -0.15) is 0 Å². The molecule has 0 amide bonds. The third-order valence-corrected chi connectivity index (χ3v) is 2.21. The summed E-state index contributed by atoms with van der Waals surface area (Å²) in [6.07, 6.45) is 5.17. The fourth-order valence-corrected chi connectivity index (χ4v) is 1.34. The predicted octanol–water partition coefficient (Wildman–Crippen LogP) is 3.69. The van der Waals surface area contributed by atoms with Gasteiger partial charge < -0.3 is 4.74 Å². The lowest BCUT2D eigenvalue weighted by molar-refractivity contribution is 0.237. The Labute approximate surface area is 86.4 Å². The second-order valence-electron chi connectivity index (χ2n) is 3.40. The Morgan fingerprint density at radius 1 is 1.21 bits per heavy atom. The van der Waals surface area contributed by atoms with Crippen molar-refractivity contribution in [3.63, 3.8) is 0 Å². The molecule has 1 rings (SSSR count). The van der Waals surface area contributed by atoms with Gasteiger partial charge in [-0.05, 0) is 24.0 Å². The van der Waals surface area contributed by atoms with Crippen LogP contribution in [0.1, 0.15) is 30.9 Å². The minimum Gasteiger partial charge on any atom is -0.497 e. The Kier molecular flexibility index (Phi) is 4.84. The first-order valence-electron chi connectivity index (χ1n) is 5.17. The molecule has 0 aliphatic carbocycles. The molecule has 0 saturated heterocycles. The van der Waals surface area contributed by atoms with Crippen LogP contribution < -0.4 is 0 Å². The van der Waals surface area contributed by atoms with Crippen LogP contribution in [0.2, 0.25) is 0 Å². The molecule has 1 heteroatoms. The van der Waals surface area contributed by atoms with Crippen molar-refractivity contribution in [1.29, 1.82) is 0 Å². The molecule has 0 saturated carbocycles. The van der Waals surface area contributed by atoms with Crippen LogP contribution >= 0.6 is 0 Å². The van der Waals surface area contributed by atoms with Gasteiger partial charge in [0.15, 0.2) is 0 Å². The Balaban J connectivity index is 2.46. The number of benzene rings is 1. The smallest absolute Gasteiger partial charge is 0.112 e. The van der Waals surface area contributed by atoms with Crippen molar-refractivity contribution in [2.75, 3.05) is 0 Å². The average molecular weight is 190 g/mol. The lowest BCUT2D eigenvalue weighted by Gasteiger charge is -2.03. The maximum absolute atomic E-state index is 5.10. The highest BCUT2D eigenvalue weighted by molar-refractivity contribution is 5.22. The fraction of sp³-hybridized carbons (Fsp3) is 0.385. The summed E-state index contributed by atoms with van der Waals surface area (Å²) in [6.45, 7) is 6.35. The molecule has 0 aliphatic rings. The largest absolute Gasteiger partial charge is 0.497 e. The summed E-state index contributed by atoms with van der Waals surface area (Å²) in [7, 11) is 0. The SMILES string of the molecule is C=COCc1ccc(CCCC)cc1. The molecule has 0 aromatic heterocycles. The molecule has 0 spiro atoms. The van der Waals surface area contributed by atoms with E-state index in [1.54, 1.807) is 0 Å². The van der Waals surface area contributed by atoms with Gasteiger partial charge in [0.25, 0.3) is 0 Å². The zero-order valence-corrected chi connectivity index (χ0v) is 8.83. The third-order valence-electron chi connectivity index (χ3n) is 2.21. The van der Waals surface area contributed by atoms with Crippen LogP contribution in [0, 0.1) is 0 Å². The lowest BCUT2D eigenvalue weighted by atomic mass is 10.1. The number of hydrogen-bond acceptors (Lipinski definition) is 1. The minimum absolute atomic E-state index is 0.623. The van der Waals surface area contributed by atoms with E-state index in [0.717, 1.165) is 0 Å². The number of hydrogen-bond donors (Lipinski definition) is 0. The zero-order valence-electron chi connectivity index (χ0n) is 8.83. The second-order valence-corrected chi connectivity index (χ2v) is 3.40. The number of unbranched alkanes of at least 4 members (excludes halogenated alkanes) is 1. The van der Waals surface area contributed by atoms with Crippen molar-refractivity contribution in [2.45, 2.75) is 32.8 Å². The van der Waals surface area contributed by atoms with E-state index in [-0.39, 0.29) is 0 Å². The molecular weight excluding hydrogens is 172 g/mol. The van der Waals surface area contributed by atoms with Crippen molar-refractivity contribution >= 4 is 0 Å². The Morgan fingerprint density at radius 2 is 1.86 bits per heavy atom. The maximum atomic E-state index is 5.10. The van der Waals surface area contributed by atoms with Crippen LogP contribution in [0.3, 0.4) is 0 Å². The molecule has 0 aliphatic heterocycles. The van der Waals surface area contributed by atoms with Gasteiger partial charge in [0, 0.05) is 0 Å². The first-order valence-corrected chi connectivity index (χ1v) is 5.17. The minimum atomic E-state index is 0.623. The van der Waals surface area contributed by atoms with Crippen LogP contribution in [0.25, 0.3) is 0 Å². The van der Waals surface area contributed by atoms with Crippen LogP contribution in [-0.4, -0.2) is 0 Å². The predicted molar refractivity (Wildman–Crippen MR) is 60.0 cm³/mol. The van der Waals surface area contributed by atoms with E-state index < -0.39 is 0 Å². The summed E-state index contributed by atoms with van der Waals surface area (Å²) in [6, 6.07) is 8.60. The van der Waals surface area contributed by atoms with Gasteiger partial charge in [0.2, 0.25) is 0 Å². The van der Waals surface area contributed by atoms with Crippen molar-refractivity contribution in [1.82, 2.24) is 0 Å². The van der Waals surface area contributed by atoms with Gasteiger partial charge in [-0.1, -0.05) is 44.2 Å². The van der Waals surface area contributed by atoms with Gasteiger partial charge in [0.1, 0.15) is 6.61 Å². The molecular formula is C13H18O. The zero-order chi connectivity index (χ0) is 10.2. The lowest BCUT2D eigenvalue weighted by Crippen LogP contribution is -1.88. The molecule has 0 atom stereocenters. The number of ether oxygens (including phenoxy) is 1. The topological polar surface area (TPSA) is 9.23 Å². The van der Waals surface area contributed by atoms with E-state index in [0.29, 0.717) is 6.61 Å². The highest BCUT2D eigenvalue weighted by Crippen LogP contribution is 2.08. The molecule has 1 aromatic carbocycles. The first kappa shape index (κ1) is 10.8. The van der Waals surface area contributed by atoms with Gasteiger partial charge in [-0.25, -0.2) is 0 Å².